The number of fused-ring (bicyclic) bond motifs is 2. The highest BCUT2D eigenvalue weighted by molar-refractivity contribution is 5.95. The third kappa shape index (κ3) is 2.44. The lowest BCUT2D eigenvalue weighted by molar-refractivity contribution is 0.0971. The molecule has 1 aromatic heterocycles. The van der Waals surface area contributed by atoms with Crippen molar-refractivity contribution < 1.29 is 0 Å². The summed E-state index contributed by atoms with van der Waals surface area (Å²) < 4.78 is 0. The van der Waals surface area contributed by atoms with Gasteiger partial charge in [-0.1, -0.05) is 0 Å². The molecule has 2 saturated heterocycles. The molecule has 5 nitrogen and oxygen atoms in total. The van der Waals surface area contributed by atoms with Crippen molar-refractivity contribution in [2.24, 2.45) is 0 Å². The average molecular weight is 307 g/mol. The number of nitriles is 1. The molecule has 2 aliphatic heterocycles. The fourth-order valence-electron chi connectivity index (χ4n) is 4.00. The van der Waals surface area contributed by atoms with E-state index in [-0.39, 0.29) is 0 Å². The Hall–Kier alpha value is -2.16. The van der Waals surface area contributed by atoms with E-state index in [1.807, 2.05) is 12.1 Å². The van der Waals surface area contributed by atoms with Crippen LogP contribution in [0.25, 0.3) is 10.9 Å². The van der Waals surface area contributed by atoms with Crippen molar-refractivity contribution >= 4 is 16.6 Å². The zero-order valence-electron chi connectivity index (χ0n) is 13.4. The summed E-state index contributed by atoms with van der Waals surface area (Å²) in [6.07, 6.45) is 1.76. The normalized spacial score (nSPS) is 25.1. The van der Waals surface area contributed by atoms with Gasteiger partial charge in [0.25, 0.3) is 0 Å². The maximum atomic E-state index is 9.31. The molecular weight excluding hydrogens is 286 g/mol. The van der Waals surface area contributed by atoms with E-state index in [0.29, 0.717) is 17.6 Å². The maximum Gasteiger partial charge on any atom is 0.101 e. The van der Waals surface area contributed by atoms with E-state index in [2.05, 4.69) is 45.2 Å². The first kappa shape index (κ1) is 14.4. The monoisotopic (exact) mass is 307 g/mol. The molecule has 0 amide bonds. The van der Waals surface area contributed by atoms with E-state index < -0.39 is 0 Å². The SMILES string of the molecule is C[C@@H]1CN(c2ccc(C#N)c3ncccc23)CC2CNCCN21. The lowest BCUT2D eigenvalue weighted by atomic mass is 10.0. The van der Waals surface area contributed by atoms with E-state index in [0.717, 1.165) is 43.6 Å². The van der Waals surface area contributed by atoms with Gasteiger partial charge in [0.15, 0.2) is 0 Å². The van der Waals surface area contributed by atoms with E-state index in [4.69, 9.17) is 0 Å². The Morgan fingerprint density at radius 1 is 1.30 bits per heavy atom. The number of hydrogen-bond acceptors (Lipinski definition) is 5. The number of pyridine rings is 1. The van der Waals surface area contributed by atoms with Crippen LogP contribution in [0.15, 0.2) is 30.5 Å². The quantitative estimate of drug-likeness (QED) is 0.867. The number of nitrogens with zero attached hydrogens (tertiary/aromatic N) is 4. The van der Waals surface area contributed by atoms with Crippen LogP contribution in [-0.2, 0) is 0 Å². The van der Waals surface area contributed by atoms with Crippen LogP contribution < -0.4 is 10.2 Å². The summed E-state index contributed by atoms with van der Waals surface area (Å²) >= 11 is 0. The first-order chi connectivity index (χ1) is 11.3. The summed E-state index contributed by atoms with van der Waals surface area (Å²) in [5.74, 6) is 0. The van der Waals surface area contributed by atoms with Crippen molar-refractivity contribution in [3.8, 4) is 6.07 Å². The molecule has 1 unspecified atom stereocenters. The highest BCUT2D eigenvalue weighted by Gasteiger charge is 2.34. The summed E-state index contributed by atoms with van der Waals surface area (Å²) in [7, 11) is 0. The van der Waals surface area contributed by atoms with Crippen LogP contribution in [0.5, 0.6) is 0 Å². The zero-order chi connectivity index (χ0) is 15.8. The Balaban J connectivity index is 1.74. The summed E-state index contributed by atoms with van der Waals surface area (Å²) in [5, 5.41) is 13.9. The Morgan fingerprint density at radius 3 is 3.09 bits per heavy atom. The smallest absolute Gasteiger partial charge is 0.101 e. The molecular formula is C18H21N5. The van der Waals surface area contributed by atoms with Crippen LogP contribution in [0, 0.1) is 11.3 Å². The van der Waals surface area contributed by atoms with Crippen LogP contribution in [0.1, 0.15) is 12.5 Å². The topological polar surface area (TPSA) is 55.2 Å². The molecule has 0 saturated carbocycles. The number of nitrogens with one attached hydrogen (secondary N) is 1. The van der Waals surface area contributed by atoms with Crippen LogP contribution in [0.4, 0.5) is 5.69 Å². The third-order valence-electron chi connectivity index (χ3n) is 5.09. The molecule has 2 atom stereocenters. The Kier molecular flexibility index (Phi) is 3.64. The minimum absolute atomic E-state index is 0.540. The highest BCUT2D eigenvalue weighted by atomic mass is 15.3. The van der Waals surface area contributed by atoms with Crippen molar-refractivity contribution in [2.45, 2.75) is 19.0 Å². The van der Waals surface area contributed by atoms with Crippen molar-refractivity contribution in [3.63, 3.8) is 0 Å². The number of aromatic nitrogens is 1. The molecule has 4 rings (SSSR count). The molecule has 0 aliphatic carbocycles. The van der Waals surface area contributed by atoms with E-state index >= 15 is 0 Å². The fraction of sp³-hybridized carbons (Fsp3) is 0.444. The minimum atomic E-state index is 0.540. The number of rotatable bonds is 1. The van der Waals surface area contributed by atoms with E-state index in [1.54, 1.807) is 6.20 Å². The molecule has 2 fully saturated rings. The Morgan fingerprint density at radius 2 is 2.22 bits per heavy atom. The van der Waals surface area contributed by atoms with Crippen molar-refractivity contribution in [3.05, 3.63) is 36.0 Å². The molecule has 5 heteroatoms. The Bertz CT molecular complexity index is 766. The van der Waals surface area contributed by atoms with Gasteiger partial charge in [0.05, 0.1) is 11.1 Å². The van der Waals surface area contributed by atoms with Gasteiger partial charge < -0.3 is 10.2 Å². The van der Waals surface area contributed by atoms with Crippen molar-refractivity contribution in [2.75, 3.05) is 37.6 Å². The van der Waals surface area contributed by atoms with Crippen molar-refractivity contribution in [1.29, 1.82) is 5.26 Å². The molecule has 2 aliphatic rings. The van der Waals surface area contributed by atoms with Gasteiger partial charge in [-0.15, -0.1) is 0 Å². The molecule has 1 N–H and O–H groups in total. The van der Waals surface area contributed by atoms with Gasteiger partial charge in [0.1, 0.15) is 6.07 Å². The zero-order valence-corrected chi connectivity index (χ0v) is 13.4. The molecule has 3 heterocycles. The second-order valence-corrected chi connectivity index (χ2v) is 6.49. The molecule has 1 aromatic carbocycles. The van der Waals surface area contributed by atoms with Crippen LogP contribution in [0.2, 0.25) is 0 Å². The lowest BCUT2D eigenvalue weighted by Gasteiger charge is -2.49. The van der Waals surface area contributed by atoms with Crippen LogP contribution in [-0.4, -0.2) is 54.7 Å². The standard InChI is InChI=1S/C18H21N5/c1-13-11-22(12-15-10-20-7-8-23(13)15)17-5-4-14(9-19)18-16(17)3-2-6-21-18/h2-6,13,15,20H,7-8,10-12H2,1H3/t13-,15?/m1/s1. The van der Waals surface area contributed by atoms with Gasteiger partial charge in [0.2, 0.25) is 0 Å². The molecule has 118 valence electrons. The largest absolute Gasteiger partial charge is 0.368 e. The minimum Gasteiger partial charge on any atom is -0.368 e. The number of piperazine rings is 2. The van der Waals surface area contributed by atoms with Crippen molar-refractivity contribution in [1.82, 2.24) is 15.2 Å². The predicted molar refractivity (Wildman–Crippen MR) is 91.5 cm³/mol. The first-order valence-corrected chi connectivity index (χ1v) is 8.27. The Labute approximate surface area is 136 Å². The summed E-state index contributed by atoms with van der Waals surface area (Å²) in [5.41, 5.74) is 2.66. The fourth-order valence-corrected chi connectivity index (χ4v) is 4.00. The van der Waals surface area contributed by atoms with Crippen LogP contribution in [0.3, 0.4) is 0 Å². The second-order valence-electron chi connectivity index (χ2n) is 6.49. The molecule has 0 spiro atoms. The van der Waals surface area contributed by atoms with Gasteiger partial charge >= 0.3 is 0 Å². The van der Waals surface area contributed by atoms with E-state index in [1.165, 1.54) is 5.69 Å². The van der Waals surface area contributed by atoms with Gasteiger partial charge in [-0.05, 0) is 31.2 Å². The average Bonchev–Trinajstić information content (AvgIpc) is 2.60. The van der Waals surface area contributed by atoms with Gasteiger partial charge in [-0.2, -0.15) is 5.26 Å². The first-order valence-electron chi connectivity index (χ1n) is 8.27. The van der Waals surface area contributed by atoms with Crippen LogP contribution >= 0.6 is 0 Å². The number of anilines is 1. The van der Waals surface area contributed by atoms with E-state index in [9.17, 15) is 5.26 Å². The number of hydrogen-bond donors (Lipinski definition) is 1. The highest BCUT2D eigenvalue weighted by Crippen LogP contribution is 2.31. The summed E-state index contributed by atoms with van der Waals surface area (Å²) in [6.45, 7) is 7.63. The van der Waals surface area contributed by atoms with Gasteiger partial charge in [0, 0.05) is 62.1 Å². The third-order valence-corrected chi connectivity index (χ3v) is 5.09. The summed E-state index contributed by atoms with van der Waals surface area (Å²) in [6, 6.07) is 11.4. The molecule has 0 bridgehead atoms. The maximum absolute atomic E-state index is 9.31. The van der Waals surface area contributed by atoms with Gasteiger partial charge in [-0.25, -0.2) is 0 Å². The predicted octanol–water partition coefficient (Wildman–Crippen LogP) is 1.59. The molecule has 23 heavy (non-hydrogen) atoms. The summed E-state index contributed by atoms with van der Waals surface area (Å²) in [4.78, 5) is 9.52. The molecule has 2 aromatic rings. The molecule has 0 radical (unpaired) electrons. The number of benzene rings is 1. The second kappa shape index (κ2) is 5.80. The van der Waals surface area contributed by atoms with Gasteiger partial charge in [-0.3, -0.25) is 9.88 Å². The lowest BCUT2D eigenvalue weighted by Crippen LogP contribution is -2.64.